The maximum Gasteiger partial charge on any atom is 0.253 e. The van der Waals surface area contributed by atoms with Gasteiger partial charge in [0.1, 0.15) is 0 Å². The van der Waals surface area contributed by atoms with Crippen LogP contribution in [0, 0.1) is 17.8 Å². The highest BCUT2D eigenvalue weighted by molar-refractivity contribution is 6.02. The second-order valence-electron chi connectivity index (χ2n) is 8.64. The number of rotatable bonds is 5. The number of nitrogens with zero attached hydrogens (tertiary/aromatic N) is 2. The van der Waals surface area contributed by atoms with Crippen LogP contribution in [0.1, 0.15) is 27.1 Å². The molecule has 0 unspecified atom stereocenters. The van der Waals surface area contributed by atoms with Crippen molar-refractivity contribution in [1.82, 2.24) is 9.80 Å². The molecule has 0 aromatic heterocycles. The normalized spacial score (nSPS) is 22.5. The predicted molar refractivity (Wildman–Crippen MR) is 118 cm³/mol. The first-order chi connectivity index (χ1) is 15.7. The Balaban J connectivity index is 1.52. The zero-order valence-corrected chi connectivity index (χ0v) is 17.9. The molecule has 0 spiro atoms. The summed E-state index contributed by atoms with van der Waals surface area (Å²) in [6.45, 7) is 0.866. The van der Waals surface area contributed by atoms with Gasteiger partial charge in [-0.25, -0.2) is 0 Å². The number of hydrogen-bond acceptors (Lipinski definition) is 5. The van der Waals surface area contributed by atoms with Crippen LogP contribution in [0.15, 0.2) is 36.4 Å². The van der Waals surface area contributed by atoms with Gasteiger partial charge < -0.3 is 27.0 Å². The molecular weight excluding hydrogens is 426 g/mol. The summed E-state index contributed by atoms with van der Waals surface area (Å²) in [5.74, 6) is -4.16. The second-order valence-corrected chi connectivity index (χ2v) is 8.64. The zero-order valence-electron chi connectivity index (χ0n) is 17.9. The lowest BCUT2D eigenvalue weighted by atomic mass is 9.95. The van der Waals surface area contributed by atoms with Gasteiger partial charge >= 0.3 is 0 Å². The molecule has 33 heavy (non-hydrogen) atoms. The van der Waals surface area contributed by atoms with Crippen molar-refractivity contribution in [3.05, 3.63) is 47.5 Å². The van der Waals surface area contributed by atoms with Crippen molar-refractivity contribution in [2.75, 3.05) is 26.2 Å². The molecule has 3 atom stereocenters. The maximum absolute atomic E-state index is 13.0. The molecule has 5 amide bonds. The quantitative estimate of drug-likeness (QED) is 0.553. The van der Waals surface area contributed by atoms with Gasteiger partial charge in [0.05, 0.1) is 17.8 Å². The monoisotopic (exact) mass is 451 g/mol. The van der Waals surface area contributed by atoms with Gasteiger partial charge in [-0.05, 0) is 41.5 Å². The molecule has 0 radical (unpaired) electrons. The van der Waals surface area contributed by atoms with Crippen LogP contribution in [-0.4, -0.2) is 65.5 Å². The van der Waals surface area contributed by atoms with E-state index in [1.54, 1.807) is 41.3 Å². The van der Waals surface area contributed by atoms with Crippen LogP contribution in [0.3, 0.4) is 0 Å². The molecule has 0 aliphatic carbocycles. The summed E-state index contributed by atoms with van der Waals surface area (Å²) in [5.41, 5.74) is 17.0. The minimum absolute atomic E-state index is 0.0371. The number of primary amides is 3. The Bertz CT molecular complexity index is 1160. The highest BCUT2D eigenvalue weighted by atomic mass is 16.2. The lowest BCUT2D eigenvalue weighted by Gasteiger charge is -2.17. The molecule has 2 heterocycles. The standard InChI is InChI=1S/C23H25N5O5/c24-19(29)16-5-6-27(9-16)22(32)14-3-1-13-8-15(4-2-12(13)7-14)23(33)28-10-17(20(25)30)18(11-28)21(26)31/h1-4,7-8,16-18H,5-6,9-11H2,(H2,24,29)(H2,25,30)(H2,26,31)/t16-,17+,18+/m0/s1. The summed E-state index contributed by atoms with van der Waals surface area (Å²) in [4.78, 5) is 63.5. The van der Waals surface area contributed by atoms with E-state index in [9.17, 15) is 24.0 Å². The van der Waals surface area contributed by atoms with Crippen molar-refractivity contribution in [1.29, 1.82) is 0 Å². The number of nitrogens with two attached hydrogens (primary N) is 3. The van der Waals surface area contributed by atoms with E-state index >= 15 is 0 Å². The number of hydrogen-bond donors (Lipinski definition) is 3. The SMILES string of the molecule is NC(=O)[C@H]1CCN(C(=O)c2ccc3cc(C(=O)N4C[C@@H](C(N)=O)[C@H](C(N)=O)C4)ccc3c2)C1. The summed E-state index contributed by atoms with van der Waals surface area (Å²) >= 11 is 0. The fourth-order valence-electron chi connectivity index (χ4n) is 4.60. The number of likely N-dealkylation sites (tertiary alicyclic amines) is 2. The molecular formula is C23H25N5O5. The lowest BCUT2D eigenvalue weighted by Crippen LogP contribution is -2.36. The van der Waals surface area contributed by atoms with E-state index in [1.165, 1.54) is 4.90 Å². The molecule has 2 fully saturated rings. The molecule has 4 rings (SSSR count). The van der Waals surface area contributed by atoms with Crippen molar-refractivity contribution >= 4 is 40.3 Å². The number of benzene rings is 2. The van der Waals surface area contributed by atoms with Crippen LogP contribution in [0.4, 0.5) is 0 Å². The fraction of sp³-hybridized carbons (Fsp3) is 0.348. The van der Waals surface area contributed by atoms with Crippen molar-refractivity contribution in [2.24, 2.45) is 35.0 Å². The molecule has 10 nitrogen and oxygen atoms in total. The topological polar surface area (TPSA) is 170 Å². The van der Waals surface area contributed by atoms with Gasteiger partial charge in [-0.3, -0.25) is 24.0 Å². The predicted octanol–water partition coefficient (Wildman–Crippen LogP) is -0.554. The highest BCUT2D eigenvalue weighted by Crippen LogP contribution is 2.27. The lowest BCUT2D eigenvalue weighted by molar-refractivity contribution is -0.129. The van der Waals surface area contributed by atoms with Crippen LogP contribution >= 0.6 is 0 Å². The third-order valence-corrected chi connectivity index (χ3v) is 6.55. The summed E-state index contributed by atoms with van der Waals surface area (Å²) < 4.78 is 0. The van der Waals surface area contributed by atoms with Gasteiger partial charge in [-0.2, -0.15) is 0 Å². The molecule has 10 heteroatoms. The van der Waals surface area contributed by atoms with Gasteiger partial charge in [-0.15, -0.1) is 0 Å². The van der Waals surface area contributed by atoms with Crippen LogP contribution in [0.25, 0.3) is 10.8 Å². The summed E-state index contributed by atoms with van der Waals surface area (Å²) in [7, 11) is 0. The Morgan fingerprint density at radius 2 is 1.15 bits per heavy atom. The first-order valence-electron chi connectivity index (χ1n) is 10.7. The van der Waals surface area contributed by atoms with Gasteiger partial charge in [-0.1, -0.05) is 12.1 Å². The largest absolute Gasteiger partial charge is 0.369 e. The van der Waals surface area contributed by atoms with E-state index in [1.807, 2.05) is 0 Å². The fourth-order valence-corrected chi connectivity index (χ4v) is 4.60. The average Bonchev–Trinajstić information content (AvgIpc) is 3.45. The third kappa shape index (κ3) is 4.23. The minimum Gasteiger partial charge on any atom is -0.369 e. The van der Waals surface area contributed by atoms with E-state index in [2.05, 4.69) is 0 Å². The maximum atomic E-state index is 13.0. The Kier molecular flexibility index (Phi) is 5.75. The Morgan fingerprint density at radius 3 is 1.58 bits per heavy atom. The van der Waals surface area contributed by atoms with E-state index < -0.39 is 29.6 Å². The zero-order chi connectivity index (χ0) is 23.9. The van der Waals surface area contributed by atoms with Gasteiger partial charge in [0.25, 0.3) is 11.8 Å². The summed E-state index contributed by atoms with van der Waals surface area (Å²) in [5, 5.41) is 1.53. The summed E-state index contributed by atoms with van der Waals surface area (Å²) in [6.07, 6.45) is 0.559. The van der Waals surface area contributed by atoms with Crippen LogP contribution in [-0.2, 0) is 14.4 Å². The second kappa shape index (κ2) is 8.53. The van der Waals surface area contributed by atoms with Crippen molar-refractivity contribution in [2.45, 2.75) is 6.42 Å². The number of carbonyl (C=O) groups is 5. The van der Waals surface area contributed by atoms with Gasteiger partial charge in [0.2, 0.25) is 17.7 Å². The third-order valence-electron chi connectivity index (χ3n) is 6.55. The molecule has 0 saturated carbocycles. The molecule has 2 aliphatic rings. The number of amides is 5. The number of carbonyl (C=O) groups excluding carboxylic acids is 5. The van der Waals surface area contributed by atoms with Crippen molar-refractivity contribution in [3.63, 3.8) is 0 Å². The molecule has 0 bridgehead atoms. The molecule has 6 N–H and O–H groups in total. The van der Waals surface area contributed by atoms with Gasteiger partial charge in [0.15, 0.2) is 0 Å². The molecule has 2 aliphatic heterocycles. The Morgan fingerprint density at radius 1 is 0.667 bits per heavy atom. The molecule has 2 saturated heterocycles. The van der Waals surface area contributed by atoms with Crippen LogP contribution in [0.2, 0.25) is 0 Å². The van der Waals surface area contributed by atoms with E-state index in [-0.39, 0.29) is 30.8 Å². The van der Waals surface area contributed by atoms with E-state index in [4.69, 9.17) is 17.2 Å². The van der Waals surface area contributed by atoms with Crippen LogP contribution in [0.5, 0.6) is 0 Å². The first kappa shape index (κ1) is 22.3. The van der Waals surface area contributed by atoms with E-state index in [0.717, 1.165) is 10.8 Å². The molecule has 2 aromatic carbocycles. The van der Waals surface area contributed by atoms with E-state index in [0.29, 0.717) is 30.6 Å². The van der Waals surface area contributed by atoms with Crippen molar-refractivity contribution < 1.29 is 24.0 Å². The summed E-state index contributed by atoms with van der Waals surface area (Å²) in [6, 6.07) is 10.2. The smallest absolute Gasteiger partial charge is 0.253 e. The van der Waals surface area contributed by atoms with Crippen molar-refractivity contribution in [3.8, 4) is 0 Å². The van der Waals surface area contributed by atoms with Crippen LogP contribution < -0.4 is 17.2 Å². The highest BCUT2D eigenvalue weighted by Gasteiger charge is 2.41. The minimum atomic E-state index is -0.805. The molecule has 2 aromatic rings. The molecule has 172 valence electrons. The Hall–Kier alpha value is -3.95. The average molecular weight is 451 g/mol. The first-order valence-corrected chi connectivity index (χ1v) is 10.7. The Labute approximate surface area is 189 Å². The van der Waals surface area contributed by atoms with Gasteiger partial charge in [0, 0.05) is 37.3 Å². The number of fused-ring (bicyclic) bond motifs is 1.